The fourth-order valence-electron chi connectivity index (χ4n) is 2.37. The third kappa shape index (κ3) is 5.60. The number of nitrogens with one attached hydrogen (secondary N) is 2. The van der Waals surface area contributed by atoms with Crippen molar-refractivity contribution in [1.29, 1.82) is 0 Å². The lowest BCUT2D eigenvalue weighted by molar-refractivity contribution is -0.116. The van der Waals surface area contributed by atoms with Crippen molar-refractivity contribution >= 4 is 61.5 Å². The second-order valence-corrected chi connectivity index (χ2v) is 9.29. The standard InChI is InChI=1S/C18H16Cl2N4O4S2/c1-2-3-17(25)23-14-6-5-12(30(26,27)24-18-21-10-22-29-18)9-16(14)28-15-7-4-11(19)8-13(15)20/h4-10H,2-3H2,1H3,(H,23,25)(H,21,22,24). The van der Waals surface area contributed by atoms with Crippen LogP contribution in [0.2, 0.25) is 10.0 Å². The number of benzene rings is 2. The number of ether oxygens (including phenoxy) is 1. The van der Waals surface area contributed by atoms with E-state index in [2.05, 4.69) is 19.4 Å². The highest BCUT2D eigenvalue weighted by molar-refractivity contribution is 7.93. The summed E-state index contributed by atoms with van der Waals surface area (Å²) in [5, 5.41) is 3.49. The largest absolute Gasteiger partial charge is 0.454 e. The van der Waals surface area contributed by atoms with E-state index in [1.807, 2.05) is 6.92 Å². The van der Waals surface area contributed by atoms with Gasteiger partial charge in [0, 0.05) is 29.0 Å². The zero-order chi connectivity index (χ0) is 21.7. The van der Waals surface area contributed by atoms with Crippen LogP contribution >= 0.6 is 34.7 Å². The van der Waals surface area contributed by atoms with Crippen molar-refractivity contribution in [2.45, 2.75) is 24.7 Å². The van der Waals surface area contributed by atoms with Crippen LogP contribution < -0.4 is 14.8 Å². The van der Waals surface area contributed by atoms with Crippen LogP contribution in [-0.4, -0.2) is 23.7 Å². The Hall–Kier alpha value is -2.40. The summed E-state index contributed by atoms with van der Waals surface area (Å²) < 4.78 is 37.3. The third-order valence-electron chi connectivity index (χ3n) is 3.71. The number of halogens is 2. The molecular weight excluding hydrogens is 471 g/mol. The molecule has 0 fully saturated rings. The Morgan fingerprint density at radius 2 is 1.97 bits per heavy atom. The number of aromatic nitrogens is 2. The van der Waals surface area contributed by atoms with E-state index in [-0.39, 0.29) is 32.5 Å². The summed E-state index contributed by atoms with van der Waals surface area (Å²) in [6.45, 7) is 1.87. The maximum Gasteiger partial charge on any atom is 0.263 e. The van der Waals surface area contributed by atoms with Crippen molar-refractivity contribution in [3.63, 3.8) is 0 Å². The highest BCUT2D eigenvalue weighted by atomic mass is 35.5. The molecule has 0 saturated carbocycles. The molecule has 30 heavy (non-hydrogen) atoms. The number of sulfonamides is 1. The predicted molar refractivity (Wildman–Crippen MR) is 117 cm³/mol. The first-order valence-electron chi connectivity index (χ1n) is 8.65. The zero-order valence-corrected chi connectivity index (χ0v) is 18.7. The van der Waals surface area contributed by atoms with Crippen molar-refractivity contribution in [1.82, 2.24) is 9.36 Å². The summed E-state index contributed by atoms with van der Waals surface area (Å²) in [4.78, 5) is 15.8. The molecular formula is C18H16Cl2N4O4S2. The highest BCUT2D eigenvalue weighted by Gasteiger charge is 2.20. The van der Waals surface area contributed by atoms with Gasteiger partial charge in [0.1, 0.15) is 12.1 Å². The summed E-state index contributed by atoms with van der Waals surface area (Å²) >= 11 is 13.0. The number of carbonyl (C=O) groups is 1. The molecule has 0 aliphatic rings. The van der Waals surface area contributed by atoms with Gasteiger partial charge < -0.3 is 10.1 Å². The van der Waals surface area contributed by atoms with E-state index in [9.17, 15) is 13.2 Å². The van der Waals surface area contributed by atoms with Gasteiger partial charge in [0.25, 0.3) is 10.0 Å². The lowest BCUT2D eigenvalue weighted by Gasteiger charge is -2.15. The van der Waals surface area contributed by atoms with Gasteiger partial charge >= 0.3 is 0 Å². The van der Waals surface area contributed by atoms with Crippen LogP contribution in [0.5, 0.6) is 11.5 Å². The number of anilines is 2. The molecule has 1 amide bonds. The van der Waals surface area contributed by atoms with E-state index in [4.69, 9.17) is 27.9 Å². The predicted octanol–water partition coefficient (Wildman–Crippen LogP) is 5.18. The van der Waals surface area contributed by atoms with E-state index >= 15 is 0 Å². The van der Waals surface area contributed by atoms with Crippen molar-refractivity contribution in [3.05, 3.63) is 52.8 Å². The van der Waals surface area contributed by atoms with Gasteiger partial charge in [0.15, 0.2) is 5.75 Å². The van der Waals surface area contributed by atoms with Crippen molar-refractivity contribution < 1.29 is 17.9 Å². The average Bonchev–Trinajstić information content (AvgIpc) is 3.17. The number of hydrogen-bond donors (Lipinski definition) is 2. The van der Waals surface area contributed by atoms with Crippen LogP contribution in [0.4, 0.5) is 10.8 Å². The minimum atomic E-state index is -3.96. The van der Waals surface area contributed by atoms with E-state index in [1.54, 1.807) is 12.1 Å². The van der Waals surface area contributed by atoms with Gasteiger partial charge in [-0.25, -0.2) is 13.4 Å². The van der Waals surface area contributed by atoms with Gasteiger partial charge in [-0.15, -0.1) is 0 Å². The van der Waals surface area contributed by atoms with Gasteiger partial charge in [0.2, 0.25) is 11.0 Å². The number of nitrogens with zero attached hydrogens (tertiary/aromatic N) is 2. The summed E-state index contributed by atoms with van der Waals surface area (Å²) in [6, 6.07) is 8.70. The number of carbonyl (C=O) groups excluding carboxylic acids is 1. The summed E-state index contributed by atoms with van der Waals surface area (Å²) in [6.07, 6.45) is 2.20. The minimum absolute atomic E-state index is 0.0914. The smallest absolute Gasteiger partial charge is 0.263 e. The molecule has 158 valence electrons. The first kappa shape index (κ1) is 22.3. The Kier molecular flexibility index (Phi) is 7.14. The van der Waals surface area contributed by atoms with E-state index < -0.39 is 10.0 Å². The molecule has 2 aromatic carbocycles. The lowest BCUT2D eigenvalue weighted by atomic mass is 10.2. The number of amides is 1. The summed E-state index contributed by atoms with van der Waals surface area (Å²) in [5.41, 5.74) is 0.300. The maximum atomic E-state index is 12.7. The lowest BCUT2D eigenvalue weighted by Crippen LogP contribution is -2.14. The van der Waals surface area contributed by atoms with E-state index in [1.165, 1.54) is 30.6 Å². The number of hydrogen-bond acceptors (Lipinski definition) is 7. The highest BCUT2D eigenvalue weighted by Crippen LogP contribution is 2.37. The molecule has 1 heterocycles. The van der Waals surface area contributed by atoms with Gasteiger partial charge in [-0.3, -0.25) is 9.52 Å². The molecule has 3 aromatic rings. The van der Waals surface area contributed by atoms with Gasteiger partial charge in [-0.1, -0.05) is 30.1 Å². The SMILES string of the molecule is CCCC(=O)Nc1ccc(S(=O)(=O)Nc2ncns2)cc1Oc1ccc(Cl)cc1Cl. The van der Waals surface area contributed by atoms with Crippen LogP contribution in [0, 0.1) is 0 Å². The first-order chi connectivity index (χ1) is 14.3. The van der Waals surface area contributed by atoms with E-state index in [0.29, 0.717) is 23.6 Å². The molecule has 0 bridgehead atoms. The quantitative estimate of drug-likeness (QED) is 0.453. The Morgan fingerprint density at radius 3 is 2.63 bits per heavy atom. The van der Waals surface area contributed by atoms with Gasteiger partial charge in [0.05, 0.1) is 15.6 Å². The molecule has 3 rings (SSSR count). The molecule has 8 nitrogen and oxygen atoms in total. The molecule has 0 unspecified atom stereocenters. The Bertz CT molecular complexity index is 1150. The molecule has 0 spiro atoms. The molecule has 0 atom stereocenters. The molecule has 1 aromatic heterocycles. The zero-order valence-electron chi connectivity index (χ0n) is 15.6. The minimum Gasteiger partial charge on any atom is -0.454 e. The van der Waals surface area contributed by atoms with Gasteiger partial charge in [-0.05, 0) is 36.8 Å². The van der Waals surface area contributed by atoms with Gasteiger partial charge in [-0.2, -0.15) is 4.37 Å². The monoisotopic (exact) mass is 486 g/mol. The Balaban J connectivity index is 1.98. The first-order valence-corrected chi connectivity index (χ1v) is 11.7. The third-order valence-corrected chi connectivity index (χ3v) is 6.29. The van der Waals surface area contributed by atoms with Crippen LogP contribution in [-0.2, 0) is 14.8 Å². The van der Waals surface area contributed by atoms with Crippen LogP contribution in [0.25, 0.3) is 0 Å². The fourth-order valence-corrected chi connectivity index (χ4v) is 4.49. The van der Waals surface area contributed by atoms with Crippen molar-refractivity contribution in [2.75, 3.05) is 10.0 Å². The fraction of sp³-hybridized carbons (Fsp3) is 0.167. The molecule has 0 radical (unpaired) electrons. The van der Waals surface area contributed by atoms with Crippen LogP contribution in [0.3, 0.4) is 0 Å². The Morgan fingerprint density at radius 1 is 1.17 bits per heavy atom. The normalized spacial score (nSPS) is 11.2. The molecule has 0 aliphatic carbocycles. The molecule has 2 N–H and O–H groups in total. The van der Waals surface area contributed by atoms with Crippen molar-refractivity contribution in [3.8, 4) is 11.5 Å². The van der Waals surface area contributed by atoms with Crippen molar-refractivity contribution in [2.24, 2.45) is 0 Å². The maximum absolute atomic E-state index is 12.7. The molecule has 0 saturated heterocycles. The average molecular weight is 487 g/mol. The Labute approximate surface area is 187 Å². The second-order valence-electron chi connectivity index (χ2n) is 5.98. The molecule has 0 aliphatic heterocycles. The second kappa shape index (κ2) is 9.61. The summed E-state index contributed by atoms with van der Waals surface area (Å²) in [5.74, 6) is 0.120. The topological polar surface area (TPSA) is 110 Å². The van der Waals surface area contributed by atoms with E-state index in [0.717, 1.165) is 11.5 Å². The summed E-state index contributed by atoms with van der Waals surface area (Å²) in [7, 11) is -3.96. The van der Waals surface area contributed by atoms with Crippen LogP contribution in [0.15, 0.2) is 47.6 Å². The molecule has 12 heteroatoms. The van der Waals surface area contributed by atoms with Crippen LogP contribution in [0.1, 0.15) is 19.8 Å². The number of rotatable bonds is 8.